The number of ether oxygens (including phenoxy) is 1. The average Bonchev–Trinajstić information content (AvgIpc) is 3.37. The largest absolute Gasteiger partial charge is 0.491 e. The van der Waals surface area contributed by atoms with Crippen molar-refractivity contribution in [2.45, 2.75) is 39.7 Å². The second-order valence-corrected chi connectivity index (χ2v) is 11.0. The molecule has 2 aromatic carbocycles. The van der Waals surface area contributed by atoms with Crippen molar-refractivity contribution in [2.24, 2.45) is 5.92 Å². The highest BCUT2D eigenvalue weighted by Gasteiger charge is 2.34. The number of hydrogen-bond acceptors (Lipinski definition) is 4. The van der Waals surface area contributed by atoms with Crippen molar-refractivity contribution in [1.29, 1.82) is 0 Å². The highest BCUT2D eigenvalue weighted by molar-refractivity contribution is 7.10. The Morgan fingerprint density at radius 3 is 2.76 bits per heavy atom. The molecule has 196 valence electrons. The summed E-state index contributed by atoms with van der Waals surface area (Å²) >= 11 is 7.84. The summed E-state index contributed by atoms with van der Waals surface area (Å²) in [6, 6.07) is 13.2. The molecule has 0 saturated heterocycles. The summed E-state index contributed by atoms with van der Waals surface area (Å²) in [5, 5.41) is 2.71. The van der Waals surface area contributed by atoms with Gasteiger partial charge < -0.3 is 14.5 Å². The summed E-state index contributed by atoms with van der Waals surface area (Å²) in [5.41, 5.74) is 1.97. The van der Waals surface area contributed by atoms with Crippen LogP contribution in [0.1, 0.15) is 52.7 Å². The van der Waals surface area contributed by atoms with Gasteiger partial charge in [0.05, 0.1) is 11.6 Å². The Morgan fingerprint density at radius 1 is 1.24 bits per heavy atom. The van der Waals surface area contributed by atoms with Crippen LogP contribution in [-0.2, 0) is 11.2 Å². The predicted molar refractivity (Wildman–Crippen MR) is 146 cm³/mol. The minimum atomic E-state index is -0.584. The van der Waals surface area contributed by atoms with Gasteiger partial charge in [-0.1, -0.05) is 44.0 Å². The van der Waals surface area contributed by atoms with Crippen LogP contribution >= 0.6 is 22.9 Å². The molecule has 8 heteroatoms. The number of nitrogens with zero attached hydrogens (tertiary/aromatic N) is 2. The number of carbonyl (C=O) groups excluding carboxylic acids is 2. The molecule has 5 nitrogen and oxygen atoms in total. The van der Waals surface area contributed by atoms with Crippen LogP contribution < -0.4 is 4.74 Å². The molecule has 37 heavy (non-hydrogen) atoms. The first-order chi connectivity index (χ1) is 17.8. The van der Waals surface area contributed by atoms with Crippen molar-refractivity contribution in [3.05, 3.63) is 86.3 Å². The Hall–Kier alpha value is -2.90. The second kappa shape index (κ2) is 12.1. The molecule has 2 heterocycles. The molecule has 0 bridgehead atoms. The lowest BCUT2D eigenvalue weighted by Crippen LogP contribution is -2.48. The van der Waals surface area contributed by atoms with E-state index < -0.39 is 11.7 Å². The number of aryl methyl sites for hydroxylation is 1. The van der Waals surface area contributed by atoms with Gasteiger partial charge >= 0.3 is 0 Å². The van der Waals surface area contributed by atoms with Crippen molar-refractivity contribution in [2.75, 3.05) is 26.2 Å². The summed E-state index contributed by atoms with van der Waals surface area (Å²) in [4.78, 5) is 31.6. The highest BCUT2D eigenvalue weighted by Crippen LogP contribution is 2.34. The maximum Gasteiger partial charge on any atom is 0.257 e. The fourth-order valence-electron chi connectivity index (χ4n) is 4.54. The number of rotatable bonds is 9. The predicted octanol–water partition coefficient (Wildman–Crippen LogP) is 6.54. The lowest BCUT2D eigenvalue weighted by Gasteiger charge is -2.37. The van der Waals surface area contributed by atoms with Crippen molar-refractivity contribution in [3.8, 4) is 5.75 Å². The molecule has 0 N–H and O–H groups in total. The van der Waals surface area contributed by atoms with Gasteiger partial charge in [0.1, 0.15) is 24.7 Å². The molecule has 0 aliphatic carbocycles. The summed E-state index contributed by atoms with van der Waals surface area (Å²) in [5.74, 6) is -0.375. The Morgan fingerprint density at radius 2 is 2.03 bits per heavy atom. The zero-order chi connectivity index (χ0) is 26.5. The molecule has 1 aromatic heterocycles. The van der Waals surface area contributed by atoms with E-state index in [9.17, 15) is 14.0 Å². The molecule has 0 unspecified atom stereocenters. The topological polar surface area (TPSA) is 49.9 Å². The van der Waals surface area contributed by atoms with Gasteiger partial charge in [-0.3, -0.25) is 9.59 Å². The zero-order valence-electron chi connectivity index (χ0n) is 21.4. The highest BCUT2D eigenvalue weighted by atomic mass is 35.5. The maximum absolute atomic E-state index is 14.5. The van der Waals surface area contributed by atoms with Crippen LogP contribution in [-0.4, -0.2) is 47.9 Å². The van der Waals surface area contributed by atoms with Crippen LogP contribution in [0.15, 0.2) is 53.9 Å². The number of amides is 2. The Bertz CT molecular complexity index is 1260. The first-order valence-electron chi connectivity index (χ1n) is 12.6. The third kappa shape index (κ3) is 6.33. The van der Waals surface area contributed by atoms with Crippen LogP contribution in [0, 0.1) is 18.7 Å². The number of benzene rings is 2. The van der Waals surface area contributed by atoms with Gasteiger partial charge in [-0.05, 0) is 72.2 Å². The number of thiophene rings is 1. The van der Waals surface area contributed by atoms with E-state index in [1.165, 1.54) is 21.9 Å². The molecule has 0 spiro atoms. The van der Waals surface area contributed by atoms with E-state index in [2.05, 4.69) is 0 Å². The van der Waals surface area contributed by atoms with Gasteiger partial charge in [-0.2, -0.15) is 0 Å². The number of hydrogen-bond donors (Lipinski definition) is 0. The van der Waals surface area contributed by atoms with E-state index >= 15 is 0 Å². The number of carbonyl (C=O) groups is 2. The zero-order valence-corrected chi connectivity index (χ0v) is 22.9. The van der Waals surface area contributed by atoms with Gasteiger partial charge in [-0.25, -0.2) is 4.39 Å². The maximum atomic E-state index is 14.5. The van der Waals surface area contributed by atoms with E-state index in [1.54, 1.807) is 34.4 Å². The van der Waals surface area contributed by atoms with Gasteiger partial charge in [0.2, 0.25) is 5.91 Å². The Balaban J connectivity index is 1.56. The standard InChI is InChI=1S/C29H32ClFN2O3S/c1-4-19(2)16-32(29(35)22-7-5-6-8-25(22)31)17-28(34)33-13-11-27-23(12-14-37-27)26(33)18-36-21-9-10-24(30)20(3)15-21/h5-10,12,14-15,19,26H,4,11,13,16-18H2,1-3H3/t19-,26-/m0/s1. The molecule has 2 amide bonds. The molecule has 1 aliphatic rings. The van der Waals surface area contributed by atoms with E-state index in [-0.39, 0.29) is 36.6 Å². The molecule has 0 fully saturated rings. The van der Waals surface area contributed by atoms with Crippen molar-refractivity contribution < 1.29 is 18.7 Å². The molecule has 0 saturated carbocycles. The van der Waals surface area contributed by atoms with Crippen LogP contribution in [0.2, 0.25) is 5.02 Å². The van der Waals surface area contributed by atoms with Crippen LogP contribution in [0.25, 0.3) is 0 Å². The lowest BCUT2D eigenvalue weighted by molar-refractivity contribution is -0.135. The third-order valence-corrected chi connectivity index (χ3v) is 8.32. The smallest absolute Gasteiger partial charge is 0.257 e. The fraction of sp³-hybridized carbons (Fsp3) is 0.379. The average molecular weight is 543 g/mol. The third-order valence-electron chi connectivity index (χ3n) is 6.90. The van der Waals surface area contributed by atoms with Gasteiger partial charge in [0.25, 0.3) is 5.91 Å². The molecular weight excluding hydrogens is 511 g/mol. The van der Waals surface area contributed by atoms with Crippen molar-refractivity contribution in [3.63, 3.8) is 0 Å². The first-order valence-corrected chi connectivity index (χ1v) is 13.8. The van der Waals surface area contributed by atoms with Crippen molar-refractivity contribution >= 4 is 34.8 Å². The minimum absolute atomic E-state index is 0.0182. The molecule has 3 aromatic rings. The Labute approximate surface area is 226 Å². The van der Waals surface area contributed by atoms with E-state index in [0.717, 1.165) is 24.0 Å². The summed E-state index contributed by atoms with van der Waals surface area (Å²) in [6.45, 7) is 7.04. The van der Waals surface area contributed by atoms with Gasteiger partial charge in [0, 0.05) is 23.0 Å². The van der Waals surface area contributed by atoms with Crippen LogP contribution in [0.5, 0.6) is 5.75 Å². The van der Waals surface area contributed by atoms with Crippen LogP contribution in [0.4, 0.5) is 4.39 Å². The molecule has 0 radical (unpaired) electrons. The molecule has 4 rings (SSSR count). The fourth-order valence-corrected chi connectivity index (χ4v) is 5.59. The summed E-state index contributed by atoms with van der Waals surface area (Å²) < 4.78 is 20.6. The second-order valence-electron chi connectivity index (χ2n) is 9.55. The lowest BCUT2D eigenvalue weighted by atomic mass is 10.00. The molecular formula is C29H32ClFN2O3S. The van der Waals surface area contributed by atoms with Crippen LogP contribution in [0.3, 0.4) is 0 Å². The van der Waals surface area contributed by atoms with E-state index in [1.807, 2.05) is 44.4 Å². The SMILES string of the molecule is CC[C@H](C)CN(CC(=O)N1CCc2sccc2[C@@H]1COc1ccc(Cl)c(C)c1)C(=O)c1ccccc1F. The van der Waals surface area contributed by atoms with Crippen molar-refractivity contribution in [1.82, 2.24) is 9.80 Å². The number of fused-ring (bicyclic) bond motifs is 1. The van der Waals surface area contributed by atoms with E-state index in [0.29, 0.717) is 23.9 Å². The van der Waals surface area contributed by atoms with Gasteiger partial charge in [-0.15, -0.1) is 11.3 Å². The molecule has 1 aliphatic heterocycles. The summed E-state index contributed by atoms with van der Waals surface area (Å²) in [7, 11) is 0. The Kier molecular flexibility index (Phi) is 8.87. The quantitative estimate of drug-likeness (QED) is 0.308. The molecule has 2 atom stereocenters. The summed E-state index contributed by atoms with van der Waals surface area (Å²) in [6.07, 6.45) is 1.59. The van der Waals surface area contributed by atoms with Gasteiger partial charge in [0.15, 0.2) is 0 Å². The number of halogens is 2. The van der Waals surface area contributed by atoms with E-state index in [4.69, 9.17) is 16.3 Å². The monoisotopic (exact) mass is 542 g/mol. The normalized spacial score (nSPS) is 15.7. The first kappa shape index (κ1) is 27.1. The minimum Gasteiger partial charge on any atom is -0.491 e.